The summed E-state index contributed by atoms with van der Waals surface area (Å²) in [5.41, 5.74) is 0. The molecule has 0 bridgehead atoms. The minimum atomic E-state index is -0.948. The third kappa shape index (κ3) is 2.68. The van der Waals surface area contributed by atoms with E-state index >= 15 is 0 Å². The van der Waals surface area contributed by atoms with Gasteiger partial charge in [-0.15, -0.1) is 0 Å². The van der Waals surface area contributed by atoms with Crippen LogP contribution < -0.4 is 9.64 Å². The zero-order valence-corrected chi connectivity index (χ0v) is 10.7. The summed E-state index contributed by atoms with van der Waals surface area (Å²) < 4.78 is 31.4. The van der Waals surface area contributed by atoms with Crippen molar-refractivity contribution in [2.75, 3.05) is 18.0 Å². The van der Waals surface area contributed by atoms with Crippen molar-refractivity contribution in [1.82, 2.24) is 9.97 Å². The maximum absolute atomic E-state index is 13.1. The maximum Gasteiger partial charge on any atom is 0.224 e. The Kier molecular flexibility index (Phi) is 3.45. The van der Waals surface area contributed by atoms with Crippen LogP contribution in [0.3, 0.4) is 0 Å². The van der Waals surface area contributed by atoms with Crippen molar-refractivity contribution in [2.45, 2.75) is 12.8 Å². The summed E-state index contributed by atoms with van der Waals surface area (Å²) in [4.78, 5) is 10.3. The van der Waals surface area contributed by atoms with Crippen molar-refractivity contribution in [3.63, 3.8) is 0 Å². The van der Waals surface area contributed by atoms with Crippen LogP contribution >= 0.6 is 0 Å². The molecule has 6 heteroatoms. The molecule has 0 unspecified atom stereocenters. The normalized spacial score (nSPS) is 14.6. The molecule has 2 heterocycles. The number of halogens is 2. The molecular formula is C14H13F2N3O. The van der Waals surface area contributed by atoms with Crippen molar-refractivity contribution >= 4 is 5.82 Å². The Morgan fingerprint density at radius 2 is 1.80 bits per heavy atom. The smallest absolute Gasteiger partial charge is 0.224 e. The lowest BCUT2D eigenvalue weighted by atomic mass is 10.3. The van der Waals surface area contributed by atoms with E-state index in [1.165, 1.54) is 12.4 Å². The Hall–Kier alpha value is -2.24. The zero-order valence-electron chi connectivity index (χ0n) is 10.7. The van der Waals surface area contributed by atoms with E-state index in [2.05, 4.69) is 14.9 Å². The van der Waals surface area contributed by atoms with E-state index in [-0.39, 0.29) is 5.75 Å². The molecule has 3 rings (SSSR count). The van der Waals surface area contributed by atoms with E-state index < -0.39 is 11.6 Å². The first-order valence-corrected chi connectivity index (χ1v) is 6.42. The van der Waals surface area contributed by atoms with Gasteiger partial charge in [-0.2, -0.15) is 0 Å². The Bertz CT molecular complexity index is 615. The number of nitrogens with zero attached hydrogens (tertiary/aromatic N) is 3. The number of aromatic nitrogens is 2. The van der Waals surface area contributed by atoms with Gasteiger partial charge in [-0.1, -0.05) is 0 Å². The Morgan fingerprint density at radius 1 is 1.00 bits per heavy atom. The standard InChI is InChI=1S/C14H13F2N3O/c15-11-4-3-10(7-12(11)16)20-14-8-13(17-9-18-14)19-5-1-2-6-19/h3-4,7-9H,1-2,5-6H2. The highest BCUT2D eigenvalue weighted by Crippen LogP contribution is 2.25. The molecule has 1 saturated heterocycles. The summed E-state index contributed by atoms with van der Waals surface area (Å²) in [5.74, 6) is -0.549. The highest BCUT2D eigenvalue weighted by atomic mass is 19.2. The lowest BCUT2D eigenvalue weighted by Gasteiger charge is -2.16. The van der Waals surface area contributed by atoms with E-state index in [9.17, 15) is 8.78 Å². The van der Waals surface area contributed by atoms with Gasteiger partial charge in [0.2, 0.25) is 5.88 Å². The molecule has 1 aromatic carbocycles. The Balaban J connectivity index is 1.79. The molecule has 0 atom stereocenters. The van der Waals surface area contributed by atoms with E-state index in [1.54, 1.807) is 6.07 Å². The molecule has 0 N–H and O–H groups in total. The largest absolute Gasteiger partial charge is 0.439 e. The second-order valence-electron chi connectivity index (χ2n) is 4.59. The topological polar surface area (TPSA) is 38.2 Å². The molecule has 1 aliphatic heterocycles. The zero-order chi connectivity index (χ0) is 13.9. The van der Waals surface area contributed by atoms with Crippen LogP contribution in [0.2, 0.25) is 0 Å². The first-order chi connectivity index (χ1) is 9.72. The van der Waals surface area contributed by atoms with Gasteiger partial charge in [0.05, 0.1) is 0 Å². The van der Waals surface area contributed by atoms with Crippen LogP contribution in [0.5, 0.6) is 11.6 Å². The second kappa shape index (κ2) is 5.40. The third-order valence-electron chi connectivity index (χ3n) is 3.17. The average Bonchev–Trinajstić information content (AvgIpc) is 2.97. The maximum atomic E-state index is 13.1. The molecule has 4 nitrogen and oxygen atoms in total. The molecule has 0 spiro atoms. The SMILES string of the molecule is Fc1ccc(Oc2cc(N3CCCC3)ncn2)cc1F. The van der Waals surface area contributed by atoms with Crippen molar-refractivity contribution in [3.05, 3.63) is 42.2 Å². The fraction of sp³-hybridized carbons (Fsp3) is 0.286. The number of benzene rings is 1. The Labute approximate surface area is 115 Å². The van der Waals surface area contributed by atoms with Crippen LogP contribution in [0.15, 0.2) is 30.6 Å². The molecule has 104 valence electrons. The highest BCUT2D eigenvalue weighted by Gasteiger charge is 2.14. The van der Waals surface area contributed by atoms with Gasteiger partial charge >= 0.3 is 0 Å². The van der Waals surface area contributed by atoms with Crippen LogP contribution in [0.1, 0.15) is 12.8 Å². The number of anilines is 1. The van der Waals surface area contributed by atoms with Crippen molar-refractivity contribution in [3.8, 4) is 11.6 Å². The van der Waals surface area contributed by atoms with Crippen LogP contribution in [-0.2, 0) is 0 Å². The third-order valence-corrected chi connectivity index (χ3v) is 3.17. The lowest BCUT2D eigenvalue weighted by molar-refractivity contribution is 0.446. The average molecular weight is 277 g/mol. The van der Waals surface area contributed by atoms with Crippen molar-refractivity contribution < 1.29 is 13.5 Å². The fourth-order valence-electron chi connectivity index (χ4n) is 2.17. The molecule has 0 saturated carbocycles. The predicted molar refractivity (Wildman–Crippen MR) is 69.9 cm³/mol. The van der Waals surface area contributed by atoms with E-state index in [4.69, 9.17) is 4.74 Å². The van der Waals surface area contributed by atoms with E-state index in [1.807, 2.05) is 0 Å². The van der Waals surface area contributed by atoms with Gasteiger partial charge in [-0.3, -0.25) is 0 Å². The van der Waals surface area contributed by atoms with Crippen molar-refractivity contribution in [2.24, 2.45) is 0 Å². The first kappa shape index (κ1) is 12.8. The molecule has 0 radical (unpaired) electrons. The summed E-state index contributed by atoms with van der Waals surface area (Å²) in [5, 5.41) is 0. The predicted octanol–water partition coefficient (Wildman–Crippen LogP) is 3.15. The fourth-order valence-corrected chi connectivity index (χ4v) is 2.17. The summed E-state index contributed by atoms with van der Waals surface area (Å²) in [7, 11) is 0. The first-order valence-electron chi connectivity index (χ1n) is 6.42. The van der Waals surface area contributed by atoms with Gasteiger partial charge in [-0.05, 0) is 25.0 Å². The van der Waals surface area contributed by atoms with Crippen LogP contribution in [0.25, 0.3) is 0 Å². The van der Waals surface area contributed by atoms with Gasteiger partial charge in [0.15, 0.2) is 11.6 Å². The Morgan fingerprint density at radius 3 is 2.55 bits per heavy atom. The van der Waals surface area contributed by atoms with Gasteiger partial charge in [0.1, 0.15) is 17.9 Å². The molecular weight excluding hydrogens is 264 g/mol. The lowest BCUT2D eigenvalue weighted by Crippen LogP contribution is -2.18. The summed E-state index contributed by atoms with van der Waals surface area (Å²) in [6.07, 6.45) is 3.69. The molecule has 20 heavy (non-hydrogen) atoms. The van der Waals surface area contributed by atoms with Gasteiger partial charge in [-0.25, -0.2) is 18.7 Å². The van der Waals surface area contributed by atoms with E-state index in [0.717, 1.165) is 43.9 Å². The van der Waals surface area contributed by atoms with Gasteiger partial charge in [0, 0.05) is 25.2 Å². The second-order valence-corrected chi connectivity index (χ2v) is 4.59. The molecule has 1 aliphatic rings. The number of hydrogen-bond acceptors (Lipinski definition) is 4. The molecule has 2 aromatic rings. The van der Waals surface area contributed by atoms with Crippen LogP contribution in [0.4, 0.5) is 14.6 Å². The van der Waals surface area contributed by atoms with E-state index in [0.29, 0.717) is 5.88 Å². The molecule has 0 amide bonds. The molecule has 1 aromatic heterocycles. The minimum Gasteiger partial charge on any atom is -0.439 e. The van der Waals surface area contributed by atoms with Gasteiger partial charge < -0.3 is 9.64 Å². The quantitative estimate of drug-likeness (QED) is 0.864. The van der Waals surface area contributed by atoms with Gasteiger partial charge in [0.25, 0.3) is 0 Å². The number of rotatable bonds is 3. The summed E-state index contributed by atoms with van der Waals surface area (Å²) in [6.45, 7) is 1.92. The van der Waals surface area contributed by atoms with Crippen LogP contribution in [0, 0.1) is 11.6 Å². The highest BCUT2D eigenvalue weighted by molar-refractivity contribution is 5.42. The monoisotopic (exact) mass is 277 g/mol. The van der Waals surface area contributed by atoms with Crippen LogP contribution in [-0.4, -0.2) is 23.1 Å². The minimum absolute atomic E-state index is 0.204. The summed E-state index contributed by atoms with van der Waals surface area (Å²) in [6, 6.07) is 5.07. The van der Waals surface area contributed by atoms with Crippen molar-refractivity contribution in [1.29, 1.82) is 0 Å². The molecule has 0 aliphatic carbocycles. The summed E-state index contributed by atoms with van der Waals surface area (Å²) >= 11 is 0. The number of hydrogen-bond donors (Lipinski definition) is 0. The number of ether oxygens (including phenoxy) is 1. The molecule has 1 fully saturated rings.